The summed E-state index contributed by atoms with van der Waals surface area (Å²) in [6.45, 7) is 0.780. The summed E-state index contributed by atoms with van der Waals surface area (Å²) in [6, 6.07) is 15.4. The molecule has 0 aliphatic rings. The van der Waals surface area contributed by atoms with Gasteiger partial charge in [-0.15, -0.1) is 6.42 Å². The maximum atomic E-state index is 12.6. The molecule has 29 heavy (non-hydrogen) atoms. The summed E-state index contributed by atoms with van der Waals surface area (Å²) in [6.07, 6.45) is 8.68. The molecule has 148 valence electrons. The number of hydrogen-bond acceptors (Lipinski definition) is 4. The van der Waals surface area contributed by atoms with Crippen molar-refractivity contribution in [3.8, 4) is 12.3 Å². The van der Waals surface area contributed by atoms with E-state index in [9.17, 15) is 13.2 Å². The van der Waals surface area contributed by atoms with Crippen molar-refractivity contribution >= 4 is 15.9 Å². The van der Waals surface area contributed by atoms with Gasteiger partial charge in [-0.2, -0.15) is 9.82 Å². The first kappa shape index (κ1) is 20.3. The number of carbonyl (C=O) groups excluding carboxylic acids is 1. The lowest BCUT2D eigenvalue weighted by atomic mass is 10.1. The molecule has 1 heterocycles. The quantitative estimate of drug-likeness (QED) is 0.556. The topological polar surface area (TPSA) is 93.1 Å². The third-order valence-corrected chi connectivity index (χ3v) is 5.62. The standard InChI is InChI=1S/C21H20N4O3S/c1-2-11-24-29(27,28)20-10-5-9-17(14-20)21(26)22-15-18-7-3-4-8-19(18)16-25-13-6-12-23-25/h1,3-10,12-14,24H,11,15-16H2,(H,22,26). The van der Waals surface area contributed by atoms with E-state index in [2.05, 4.69) is 21.1 Å². The van der Waals surface area contributed by atoms with Crippen LogP contribution in [0.3, 0.4) is 0 Å². The maximum absolute atomic E-state index is 12.6. The molecule has 0 fully saturated rings. The molecule has 0 spiro atoms. The van der Waals surface area contributed by atoms with Crippen molar-refractivity contribution in [1.29, 1.82) is 0 Å². The Labute approximate surface area is 169 Å². The molecule has 0 aliphatic carbocycles. The number of aromatic nitrogens is 2. The molecule has 2 aromatic carbocycles. The van der Waals surface area contributed by atoms with Crippen LogP contribution in [0, 0.1) is 12.3 Å². The average molecular weight is 408 g/mol. The van der Waals surface area contributed by atoms with Gasteiger partial charge in [-0.25, -0.2) is 8.42 Å². The molecule has 7 nitrogen and oxygen atoms in total. The fraction of sp³-hybridized carbons (Fsp3) is 0.143. The number of rotatable bonds is 8. The Balaban J connectivity index is 1.71. The van der Waals surface area contributed by atoms with E-state index >= 15 is 0 Å². The van der Waals surface area contributed by atoms with Crippen molar-refractivity contribution < 1.29 is 13.2 Å². The molecule has 0 saturated heterocycles. The van der Waals surface area contributed by atoms with Crippen molar-refractivity contribution in [2.24, 2.45) is 0 Å². The van der Waals surface area contributed by atoms with E-state index in [0.29, 0.717) is 13.1 Å². The van der Waals surface area contributed by atoms with Gasteiger partial charge >= 0.3 is 0 Å². The van der Waals surface area contributed by atoms with E-state index in [1.165, 1.54) is 18.2 Å². The highest BCUT2D eigenvalue weighted by atomic mass is 32.2. The molecular weight excluding hydrogens is 388 g/mol. The molecule has 8 heteroatoms. The lowest BCUT2D eigenvalue weighted by molar-refractivity contribution is 0.0950. The van der Waals surface area contributed by atoms with Crippen LogP contribution < -0.4 is 10.0 Å². The minimum absolute atomic E-state index is 0.0144. The summed E-state index contributed by atoms with van der Waals surface area (Å²) >= 11 is 0. The molecule has 0 aliphatic heterocycles. The summed E-state index contributed by atoms with van der Waals surface area (Å²) < 4.78 is 28.5. The Bertz CT molecular complexity index is 1130. The van der Waals surface area contributed by atoms with Gasteiger partial charge in [-0.1, -0.05) is 36.3 Å². The van der Waals surface area contributed by atoms with Crippen molar-refractivity contribution in [2.75, 3.05) is 6.54 Å². The number of benzene rings is 2. The molecule has 1 aromatic heterocycles. The molecule has 0 bridgehead atoms. The van der Waals surface area contributed by atoms with Crippen LogP contribution in [-0.2, 0) is 23.1 Å². The van der Waals surface area contributed by atoms with Gasteiger partial charge in [0.05, 0.1) is 18.0 Å². The normalized spacial score (nSPS) is 11.0. The van der Waals surface area contributed by atoms with E-state index < -0.39 is 10.0 Å². The maximum Gasteiger partial charge on any atom is 0.251 e. The first-order chi connectivity index (χ1) is 14.0. The zero-order valence-corrected chi connectivity index (χ0v) is 16.4. The third-order valence-electron chi connectivity index (χ3n) is 4.22. The lowest BCUT2D eigenvalue weighted by Crippen LogP contribution is -2.26. The minimum atomic E-state index is -3.76. The van der Waals surface area contributed by atoms with Crippen molar-refractivity contribution in [2.45, 2.75) is 18.0 Å². The van der Waals surface area contributed by atoms with E-state index in [0.717, 1.165) is 11.1 Å². The predicted molar refractivity (Wildman–Crippen MR) is 109 cm³/mol. The highest BCUT2D eigenvalue weighted by Gasteiger charge is 2.15. The van der Waals surface area contributed by atoms with Crippen LogP contribution in [0.25, 0.3) is 0 Å². The van der Waals surface area contributed by atoms with E-state index in [4.69, 9.17) is 6.42 Å². The van der Waals surface area contributed by atoms with Gasteiger partial charge in [0.15, 0.2) is 0 Å². The molecule has 0 radical (unpaired) electrons. The number of amides is 1. The fourth-order valence-corrected chi connectivity index (χ4v) is 3.73. The summed E-state index contributed by atoms with van der Waals surface area (Å²) in [5.41, 5.74) is 2.24. The number of terminal acetylenes is 1. The Morgan fingerprint density at radius 1 is 1.10 bits per heavy atom. The van der Waals surface area contributed by atoms with Gasteiger partial charge in [0.2, 0.25) is 10.0 Å². The second-order valence-electron chi connectivity index (χ2n) is 6.21. The number of nitrogens with one attached hydrogen (secondary N) is 2. The minimum Gasteiger partial charge on any atom is -0.348 e. The average Bonchev–Trinajstić information content (AvgIpc) is 3.24. The zero-order chi connectivity index (χ0) is 20.7. The second-order valence-corrected chi connectivity index (χ2v) is 7.98. The highest BCUT2D eigenvalue weighted by molar-refractivity contribution is 7.89. The van der Waals surface area contributed by atoms with Gasteiger partial charge in [0, 0.05) is 24.5 Å². The van der Waals surface area contributed by atoms with Crippen LogP contribution in [0.4, 0.5) is 0 Å². The lowest BCUT2D eigenvalue weighted by Gasteiger charge is -2.12. The van der Waals surface area contributed by atoms with Crippen molar-refractivity contribution in [1.82, 2.24) is 19.8 Å². The van der Waals surface area contributed by atoms with Crippen molar-refractivity contribution in [3.63, 3.8) is 0 Å². The Hall–Kier alpha value is -3.41. The van der Waals surface area contributed by atoms with E-state index in [1.807, 2.05) is 36.5 Å². The molecule has 3 rings (SSSR count). The monoisotopic (exact) mass is 408 g/mol. The fourth-order valence-electron chi connectivity index (χ4n) is 2.75. The summed E-state index contributed by atoms with van der Waals surface area (Å²) in [7, 11) is -3.76. The van der Waals surface area contributed by atoms with E-state index in [1.54, 1.807) is 16.9 Å². The van der Waals surface area contributed by atoms with Crippen LogP contribution in [0.2, 0.25) is 0 Å². The second kappa shape index (κ2) is 9.19. The summed E-state index contributed by atoms with van der Waals surface area (Å²) in [5, 5.41) is 7.04. The molecule has 0 saturated carbocycles. The van der Waals surface area contributed by atoms with Gasteiger partial charge in [-0.3, -0.25) is 9.48 Å². The van der Waals surface area contributed by atoms with E-state index in [-0.39, 0.29) is 22.9 Å². The van der Waals surface area contributed by atoms with Crippen LogP contribution in [-0.4, -0.2) is 30.7 Å². The first-order valence-electron chi connectivity index (χ1n) is 8.85. The Morgan fingerprint density at radius 2 is 1.90 bits per heavy atom. The molecule has 2 N–H and O–H groups in total. The van der Waals surface area contributed by atoms with Crippen LogP contribution in [0.15, 0.2) is 71.9 Å². The number of nitrogens with zero attached hydrogens (tertiary/aromatic N) is 2. The SMILES string of the molecule is C#CCNS(=O)(=O)c1cccc(C(=O)NCc2ccccc2Cn2cccn2)c1. The zero-order valence-electron chi connectivity index (χ0n) is 15.6. The number of sulfonamides is 1. The van der Waals surface area contributed by atoms with Gasteiger partial charge < -0.3 is 5.32 Å². The largest absolute Gasteiger partial charge is 0.348 e. The molecule has 0 atom stereocenters. The molecule has 0 unspecified atom stereocenters. The summed E-state index contributed by atoms with van der Waals surface area (Å²) in [5.74, 6) is 1.85. The smallest absolute Gasteiger partial charge is 0.251 e. The highest BCUT2D eigenvalue weighted by Crippen LogP contribution is 2.13. The van der Waals surface area contributed by atoms with Gasteiger partial charge in [-0.05, 0) is 35.4 Å². The number of hydrogen-bond donors (Lipinski definition) is 2. The Kier molecular flexibility index (Phi) is 6.44. The number of carbonyl (C=O) groups is 1. The van der Waals surface area contributed by atoms with Gasteiger partial charge in [0.25, 0.3) is 5.91 Å². The molecule has 1 amide bonds. The van der Waals surface area contributed by atoms with Crippen LogP contribution >= 0.6 is 0 Å². The predicted octanol–water partition coefficient (Wildman–Crippen LogP) is 1.77. The third kappa shape index (κ3) is 5.31. The Morgan fingerprint density at radius 3 is 2.62 bits per heavy atom. The molecular formula is C21H20N4O3S. The molecule has 3 aromatic rings. The van der Waals surface area contributed by atoms with Crippen molar-refractivity contribution in [3.05, 3.63) is 83.7 Å². The van der Waals surface area contributed by atoms with Gasteiger partial charge in [0.1, 0.15) is 0 Å². The van der Waals surface area contributed by atoms with Crippen LogP contribution in [0.1, 0.15) is 21.5 Å². The summed E-state index contributed by atoms with van der Waals surface area (Å²) in [4.78, 5) is 12.5. The van der Waals surface area contributed by atoms with Crippen LogP contribution in [0.5, 0.6) is 0 Å². The first-order valence-corrected chi connectivity index (χ1v) is 10.3.